The van der Waals surface area contributed by atoms with E-state index >= 15 is 0 Å². The van der Waals surface area contributed by atoms with Crippen LogP contribution in [0, 0.1) is 6.92 Å². The van der Waals surface area contributed by atoms with Crippen LogP contribution < -0.4 is 0 Å². The number of rotatable bonds is 3. The Kier molecular flexibility index (Phi) is 3.62. The average Bonchev–Trinajstić information content (AvgIpc) is 2.98. The molecule has 0 aliphatic carbocycles. The minimum Gasteiger partial charge on any atom is -0.480 e. The second-order valence-electron chi connectivity index (χ2n) is 5.39. The summed E-state index contributed by atoms with van der Waals surface area (Å²) in [7, 11) is -3.86. The van der Waals surface area contributed by atoms with Crippen LogP contribution in [0.15, 0.2) is 35.4 Å². The van der Waals surface area contributed by atoms with Crippen molar-refractivity contribution in [2.45, 2.75) is 30.7 Å². The van der Waals surface area contributed by atoms with Crippen LogP contribution in [0.5, 0.6) is 0 Å². The summed E-state index contributed by atoms with van der Waals surface area (Å²) in [5.41, 5.74) is 1.50. The van der Waals surface area contributed by atoms with Crippen LogP contribution in [-0.4, -0.2) is 41.4 Å². The van der Waals surface area contributed by atoms with Crippen molar-refractivity contribution in [3.63, 3.8) is 0 Å². The second kappa shape index (κ2) is 5.33. The molecule has 7 heteroatoms. The second-order valence-corrected chi connectivity index (χ2v) is 7.25. The number of sulfonamides is 1. The maximum Gasteiger partial charge on any atom is 0.322 e. The molecule has 0 radical (unpaired) electrons. The molecular formula is C15H16N2O4S. The molecule has 0 amide bonds. The molecule has 1 aliphatic rings. The van der Waals surface area contributed by atoms with E-state index in [1.807, 2.05) is 6.92 Å². The van der Waals surface area contributed by atoms with Gasteiger partial charge in [0.2, 0.25) is 10.0 Å². The number of aliphatic carboxylic acids is 1. The summed E-state index contributed by atoms with van der Waals surface area (Å²) in [6, 6.07) is 5.63. The number of pyridine rings is 1. The molecule has 6 nitrogen and oxygen atoms in total. The molecule has 1 aliphatic heterocycles. The molecule has 1 aromatic carbocycles. The van der Waals surface area contributed by atoms with Crippen molar-refractivity contribution in [3.8, 4) is 0 Å². The van der Waals surface area contributed by atoms with Crippen LogP contribution in [0.2, 0.25) is 0 Å². The van der Waals surface area contributed by atoms with E-state index in [9.17, 15) is 18.3 Å². The lowest BCUT2D eigenvalue weighted by Gasteiger charge is -2.22. The summed E-state index contributed by atoms with van der Waals surface area (Å²) >= 11 is 0. The van der Waals surface area contributed by atoms with Gasteiger partial charge in [-0.3, -0.25) is 9.78 Å². The van der Waals surface area contributed by atoms with Crippen molar-refractivity contribution >= 4 is 26.9 Å². The zero-order chi connectivity index (χ0) is 15.9. The van der Waals surface area contributed by atoms with Gasteiger partial charge >= 0.3 is 5.97 Å². The lowest BCUT2D eigenvalue weighted by molar-refractivity contribution is -0.140. The van der Waals surface area contributed by atoms with Crippen LogP contribution >= 0.6 is 0 Å². The van der Waals surface area contributed by atoms with E-state index in [0.717, 1.165) is 9.87 Å². The normalized spacial score (nSPS) is 19.6. The minimum atomic E-state index is -3.86. The Morgan fingerprint density at radius 3 is 2.86 bits per heavy atom. The number of carboxylic acid groups (broad SMARTS) is 1. The van der Waals surface area contributed by atoms with E-state index in [0.29, 0.717) is 23.7 Å². The highest BCUT2D eigenvalue weighted by Gasteiger charge is 2.40. The summed E-state index contributed by atoms with van der Waals surface area (Å²) in [5.74, 6) is -1.10. The number of nitrogens with zero attached hydrogens (tertiary/aromatic N) is 2. The van der Waals surface area contributed by atoms with Crippen molar-refractivity contribution in [1.82, 2.24) is 9.29 Å². The van der Waals surface area contributed by atoms with E-state index in [4.69, 9.17) is 0 Å². The molecule has 2 aromatic rings. The first kappa shape index (κ1) is 14.9. The van der Waals surface area contributed by atoms with Crippen molar-refractivity contribution in [2.75, 3.05) is 6.54 Å². The standard InChI is InChI=1S/C15H16N2O4S/c1-10-6-7-13(11-4-2-8-16-14(10)11)22(20,21)17-9-3-5-12(17)15(18)19/h2,4,6-8,12H,3,5,9H2,1H3,(H,18,19)/t12-/m0/s1. The van der Waals surface area contributed by atoms with Crippen molar-refractivity contribution in [3.05, 3.63) is 36.0 Å². The van der Waals surface area contributed by atoms with Crippen LogP contribution in [0.3, 0.4) is 0 Å². The molecular weight excluding hydrogens is 304 g/mol. The monoisotopic (exact) mass is 320 g/mol. The van der Waals surface area contributed by atoms with Gasteiger partial charge < -0.3 is 5.11 Å². The first-order valence-electron chi connectivity index (χ1n) is 7.02. The zero-order valence-electron chi connectivity index (χ0n) is 12.1. The smallest absolute Gasteiger partial charge is 0.322 e. The third-order valence-electron chi connectivity index (χ3n) is 4.01. The van der Waals surface area contributed by atoms with Crippen molar-refractivity contribution < 1.29 is 18.3 Å². The molecule has 1 aromatic heterocycles. The van der Waals surface area contributed by atoms with E-state index < -0.39 is 22.0 Å². The van der Waals surface area contributed by atoms with Gasteiger partial charge in [0.25, 0.3) is 0 Å². The molecule has 0 unspecified atom stereocenters. The molecule has 0 spiro atoms. The van der Waals surface area contributed by atoms with E-state index in [1.165, 1.54) is 6.07 Å². The highest BCUT2D eigenvalue weighted by Crippen LogP contribution is 2.31. The minimum absolute atomic E-state index is 0.120. The highest BCUT2D eigenvalue weighted by molar-refractivity contribution is 7.89. The summed E-state index contributed by atoms with van der Waals surface area (Å²) in [6.45, 7) is 2.09. The van der Waals surface area contributed by atoms with Crippen LogP contribution in [0.1, 0.15) is 18.4 Å². The van der Waals surface area contributed by atoms with Gasteiger partial charge in [-0.15, -0.1) is 0 Å². The van der Waals surface area contributed by atoms with Gasteiger partial charge in [0.1, 0.15) is 6.04 Å². The number of carbonyl (C=O) groups is 1. The SMILES string of the molecule is Cc1ccc(S(=O)(=O)N2CCC[C@H]2C(=O)O)c2cccnc12. The van der Waals surface area contributed by atoms with Gasteiger partial charge in [0.15, 0.2) is 0 Å². The molecule has 1 saturated heterocycles. The predicted octanol–water partition coefficient (Wildman–Crippen LogP) is 1.78. The maximum atomic E-state index is 12.9. The van der Waals surface area contributed by atoms with Crippen LogP contribution in [0.25, 0.3) is 10.9 Å². The van der Waals surface area contributed by atoms with Gasteiger partial charge in [-0.1, -0.05) is 6.07 Å². The Bertz CT molecular complexity index is 848. The Morgan fingerprint density at radius 2 is 2.14 bits per heavy atom. The molecule has 116 valence electrons. The lowest BCUT2D eigenvalue weighted by Crippen LogP contribution is -2.40. The Hall–Kier alpha value is -1.99. The predicted molar refractivity (Wildman–Crippen MR) is 81.0 cm³/mol. The number of carboxylic acids is 1. The summed E-state index contributed by atoms with van der Waals surface area (Å²) in [5, 5.41) is 9.76. The Labute approximate surface area is 128 Å². The molecule has 3 rings (SSSR count). The zero-order valence-corrected chi connectivity index (χ0v) is 12.9. The van der Waals surface area contributed by atoms with E-state index in [2.05, 4.69) is 4.98 Å². The number of aromatic nitrogens is 1. The van der Waals surface area contributed by atoms with Gasteiger partial charge in [-0.2, -0.15) is 4.31 Å². The fourth-order valence-corrected chi connectivity index (χ4v) is 4.75. The number of aryl methyl sites for hydroxylation is 1. The van der Waals surface area contributed by atoms with Gasteiger partial charge in [-0.25, -0.2) is 8.42 Å². The summed E-state index contributed by atoms with van der Waals surface area (Å²) < 4.78 is 26.9. The maximum absolute atomic E-state index is 12.9. The average molecular weight is 320 g/mol. The summed E-state index contributed by atoms with van der Waals surface area (Å²) in [4.78, 5) is 15.6. The van der Waals surface area contributed by atoms with Gasteiger partial charge in [0.05, 0.1) is 10.4 Å². The topological polar surface area (TPSA) is 87.6 Å². The Balaban J connectivity index is 2.18. The van der Waals surface area contributed by atoms with Crippen molar-refractivity contribution in [1.29, 1.82) is 0 Å². The van der Waals surface area contributed by atoms with Gasteiger partial charge in [-0.05, 0) is 43.5 Å². The molecule has 0 saturated carbocycles. The fraction of sp³-hybridized carbons (Fsp3) is 0.333. The number of hydrogen-bond acceptors (Lipinski definition) is 4. The summed E-state index contributed by atoms with van der Waals surface area (Å²) in [6.07, 6.45) is 2.51. The molecule has 1 N–H and O–H groups in total. The van der Waals surface area contributed by atoms with Gasteiger partial charge in [0, 0.05) is 18.1 Å². The lowest BCUT2D eigenvalue weighted by atomic mass is 10.1. The van der Waals surface area contributed by atoms with Crippen LogP contribution in [-0.2, 0) is 14.8 Å². The third kappa shape index (κ3) is 2.26. The van der Waals surface area contributed by atoms with Crippen LogP contribution in [0.4, 0.5) is 0 Å². The first-order chi connectivity index (χ1) is 10.4. The van der Waals surface area contributed by atoms with E-state index in [1.54, 1.807) is 24.4 Å². The van der Waals surface area contributed by atoms with E-state index in [-0.39, 0.29) is 11.4 Å². The molecule has 2 heterocycles. The highest BCUT2D eigenvalue weighted by atomic mass is 32.2. The fourth-order valence-electron chi connectivity index (χ4n) is 2.91. The largest absolute Gasteiger partial charge is 0.480 e. The number of benzene rings is 1. The molecule has 1 atom stereocenters. The quantitative estimate of drug-likeness (QED) is 0.931. The molecule has 22 heavy (non-hydrogen) atoms. The number of hydrogen-bond donors (Lipinski definition) is 1. The molecule has 0 bridgehead atoms. The third-order valence-corrected chi connectivity index (χ3v) is 5.97. The number of fused-ring (bicyclic) bond motifs is 1. The first-order valence-corrected chi connectivity index (χ1v) is 8.46. The Morgan fingerprint density at radius 1 is 1.36 bits per heavy atom. The molecule has 1 fully saturated rings. The van der Waals surface area contributed by atoms with Crippen molar-refractivity contribution in [2.24, 2.45) is 0 Å².